The number of nitrogens with zero attached hydrogens (tertiary/aromatic N) is 1. The molecule has 0 bridgehead atoms. The number of carbonyl (C=O) groups excluding carboxylic acids is 1. The fraction of sp³-hybridized carbons (Fsp3) is 0.600. The molecule has 0 aliphatic heterocycles. The van der Waals surface area contributed by atoms with Gasteiger partial charge in [0.2, 0.25) is 5.91 Å². The highest BCUT2D eigenvalue weighted by atomic mass is 16.3. The third-order valence-corrected chi connectivity index (χ3v) is 3.72. The predicted octanol–water partition coefficient (Wildman–Crippen LogP) is 1.68. The van der Waals surface area contributed by atoms with E-state index in [1.54, 1.807) is 6.20 Å². The molecule has 1 aliphatic rings. The Kier molecular flexibility index (Phi) is 5.33. The SMILES string of the molecule is O=C(NCC1CCCCC1)[C@@H](O)Cc1ccccn1. The number of amides is 1. The second-order valence-electron chi connectivity index (χ2n) is 5.29. The van der Waals surface area contributed by atoms with Gasteiger partial charge in [-0.1, -0.05) is 25.3 Å². The van der Waals surface area contributed by atoms with E-state index in [-0.39, 0.29) is 12.3 Å². The Morgan fingerprint density at radius 1 is 1.37 bits per heavy atom. The van der Waals surface area contributed by atoms with Crippen molar-refractivity contribution in [1.29, 1.82) is 0 Å². The Hall–Kier alpha value is -1.42. The Balaban J connectivity index is 1.73. The van der Waals surface area contributed by atoms with E-state index in [1.165, 1.54) is 32.1 Å². The zero-order valence-corrected chi connectivity index (χ0v) is 11.2. The molecule has 104 valence electrons. The number of carbonyl (C=O) groups is 1. The average Bonchev–Trinajstić information content (AvgIpc) is 2.47. The summed E-state index contributed by atoms with van der Waals surface area (Å²) in [5, 5.41) is 12.7. The number of aromatic nitrogens is 1. The van der Waals surface area contributed by atoms with Gasteiger partial charge in [0.25, 0.3) is 0 Å². The molecule has 1 fully saturated rings. The molecule has 1 aromatic heterocycles. The maximum absolute atomic E-state index is 11.8. The lowest BCUT2D eigenvalue weighted by Gasteiger charge is -2.22. The van der Waals surface area contributed by atoms with Crippen molar-refractivity contribution in [2.24, 2.45) is 5.92 Å². The molecule has 1 heterocycles. The van der Waals surface area contributed by atoms with Gasteiger partial charge in [-0.15, -0.1) is 0 Å². The molecule has 0 unspecified atom stereocenters. The van der Waals surface area contributed by atoms with Crippen molar-refractivity contribution in [3.63, 3.8) is 0 Å². The van der Waals surface area contributed by atoms with Gasteiger partial charge in [0.15, 0.2) is 0 Å². The lowest BCUT2D eigenvalue weighted by molar-refractivity contribution is -0.129. The molecule has 0 spiro atoms. The van der Waals surface area contributed by atoms with Crippen LogP contribution in [-0.4, -0.2) is 28.6 Å². The van der Waals surface area contributed by atoms with E-state index in [9.17, 15) is 9.90 Å². The molecule has 4 heteroatoms. The average molecular weight is 262 g/mol. The molecule has 0 saturated heterocycles. The fourth-order valence-electron chi connectivity index (χ4n) is 2.56. The first kappa shape index (κ1) is 14.0. The van der Waals surface area contributed by atoms with Crippen LogP contribution < -0.4 is 5.32 Å². The smallest absolute Gasteiger partial charge is 0.249 e. The molecule has 1 atom stereocenters. The maximum Gasteiger partial charge on any atom is 0.249 e. The molecule has 1 saturated carbocycles. The second kappa shape index (κ2) is 7.24. The van der Waals surface area contributed by atoms with Gasteiger partial charge in [-0.25, -0.2) is 0 Å². The van der Waals surface area contributed by atoms with Crippen LogP contribution in [0, 0.1) is 5.92 Å². The van der Waals surface area contributed by atoms with Gasteiger partial charge in [0.05, 0.1) is 0 Å². The van der Waals surface area contributed by atoms with Gasteiger partial charge in [-0.2, -0.15) is 0 Å². The van der Waals surface area contributed by atoms with Crippen LogP contribution >= 0.6 is 0 Å². The van der Waals surface area contributed by atoms with Crippen LogP contribution in [0.25, 0.3) is 0 Å². The Morgan fingerprint density at radius 2 is 2.16 bits per heavy atom. The lowest BCUT2D eigenvalue weighted by atomic mass is 9.89. The van der Waals surface area contributed by atoms with Crippen molar-refractivity contribution in [1.82, 2.24) is 10.3 Å². The van der Waals surface area contributed by atoms with E-state index in [0.717, 1.165) is 5.69 Å². The molecule has 1 aromatic rings. The topological polar surface area (TPSA) is 62.2 Å². The number of rotatable bonds is 5. The van der Waals surface area contributed by atoms with E-state index in [0.29, 0.717) is 12.5 Å². The van der Waals surface area contributed by atoms with E-state index >= 15 is 0 Å². The van der Waals surface area contributed by atoms with Crippen LogP contribution in [-0.2, 0) is 11.2 Å². The van der Waals surface area contributed by atoms with Crippen LogP contribution in [0.4, 0.5) is 0 Å². The summed E-state index contributed by atoms with van der Waals surface area (Å²) >= 11 is 0. The molecule has 1 amide bonds. The highest BCUT2D eigenvalue weighted by Crippen LogP contribution is 2.22. The van der Waals surface area contributed by atoms with Crippen molar-refractivity contribution in [2.45, 2.75) is 44.6 Å². The number of pyridine rings is 1. The third kappa shape index (κ3) is 4.63. The van der Waals surface area contributed by atoms with Crippen molar-refractivity contribution >= 4 is 5.91 Å². The summed E-state index contributed by atoms with van der Waals surface area (Å²) in [6.45, 7) is 0.693. The zero-order chi connectivity index (χ0) is 13.5. The summed E-state index contributed by atoms with van der Waals surface area (Å²) in [7, 11) is 0. The number of aliphatic hydroxyl groups excluding tert-OH is 1. The summed E-state index contributed by atoms with van der Waals surface area (Å²) in [4.78, 5) is 15.9. The Morgan fingerprint density at radius 3 is 2.84 bits per heavy atom. The van der Waals surface area contributed by atoms with E-state index in [1.807, 2.05) is 18.2 Å². The minimum atomic E-state index is -1.00. The van der Waals surface area contributed by atoms with Crippen LogP contribution in [0.5, 0.6) is 0 Å². The van der Waals surface area contributed by atoms with E-state index < -0.39 is 6.10 Å². The van der Waals surface area contributed by atoms with Gasteiger partial charge in [0, 0.05) is 24.9 Å². The third-order valence-electron chi connectivity index (χ3n) is 3.72. The van der Waals surface area contributed by atoms with Crippen molar-refractivity contribution in [3.05, 3.63) is 30.1 Å². The number of aliphatic hydroxyl groups is 1. The Labute approximate surface area is 114 Å². The summed E-state index contributed by atoms with van der Waals surface area (Å²) in [5.74, 6) is 0.302. The quantitative estimate of drug-likeness (QED) is 0.848. The van der Waals surface area contributed by atoms with Gasteiger partial charge < -0.3 is 10.4 Å². The molecule has 4 nitrogen and oxygen atoms in total. The van der Waals surface area contributed by atoms with Gasteiger partial charge >= 0.3 is 0 Å². The monoisotopic (exact) mass is 262 g/mol. The molecule has 2 rings (SSSR count). The van der Waals surface area contributed by atoms with Gasteiger partial charge in [0.1, 0.15) is 6.10 Å². The maximum atomic E-state index is 11.8. The summed E-state index contributed by atoms with van der Waals surface area (Å²) in [5.41, 5.74) is 0.739. The van der Waals surface area contributed by atoms with Crippen LogP contribution in [0.3, 0.4) is 0 Å². The molecule has 0 aromatic carbocycles. The molecular formula is C15H22N2O2. The molecule has 2 N–H and O–H groups in total. The minimum Gasteiger partial charge on any atom is -0.383 e. The van der Waals surface area contributed by atoms with Crippen molar-refractivity contribution in [3.8, 4) is 0 Å². The number of nitrogens with one attached hydrogen (secondary N) is 1. The second-order valence-corrected chi connectivity index (χ2v) is 5.29. The van der Waals surface area contributed by atoms with Crippen molar-refractivity contribution < 1.29 is 9.90 Å². The lowest BCUT2D eigenvalue weighted by Crippen LogP contribution is -2.39. The molecule has 0 radical (unpaired) electrons. The summed E-state index contributed by atoms with van der Waals surface area (Å²) in [6.07, 6.45) is 7.16. The Bertz CT molecular complexity index is 388. The van der Waals surface area contributed by atoms with Crippen LogP contribution in [0.15, 0.2) is 24.4 Å². The normalized spacial score (nSPS) is 17.9. The first-order valence-electron chi connectivity index (χ1n) is 7.11. The number of hydrogen-bond acceptors (Lipinski definition) is 3. The molecule has 19 heavy (non-hydrogen) atoms. The van der Waals surface area contributed by atoms with Crippen LogP contribution in [0.2, 0.25) is 0 Å². The summed E-state index contributed by atoms with van der Waals surface area (Å²) < 4.78 is 0. The highest BCUT2D eigenvalue weighted by molar-refractivity contribution is 5.80. The summed E-state index contributed by atoms with van der Waals surface area (Å²) in [6, 6.07) is 5.49. The van der Waals surface area contributed by atoms with E-state index in [2.05, 4.69) is 10.3 Å². The standard InChI is InChI=1S/C15H22N2O2/c18-14(10-13-8-4-5-9-16-13)15(19)17-11-12-6-2-1-3-7-12/h4-5,8-9,12,14,18H,1-3,6-7,10-11H2,(H,17,19)/t14-/m0/s1. The first-order chi connectivity index (χ1) is 9.25. The van der Waals surface area contributed by atoms with Gasteiger partial charge in [-0.05, 0) is 30.9 Å². The highest BCUT2D eigenvalue weighted by Gasteiger charge is 2.19. The minimum absolute atomic E-state index is 0.275. The molecule has 1 aliphatic carbocycles. The largest absolute Gasteiger partial charge is 0.383 e. The fourth-order valence-corrected chi connectivity index (χ4v) is 2.56. The predicted molar refractivity (Wildman–Crippen MR) is 73.5 cm³/mol. The van der Waals surface area contributed by atoms with Crippen LogP contribution in [0.1, 0.15) is 37.8 Å². The van der Waals surface area contributed by atoms with Gasteiger partial charge in [-0.3, -0.25) is 9.78 Å². The number of hydrogen-bond donors (Lipinski definition) is 2. The first-order valence-corrected chi connectivity index (χ1v) is 7.11. The van der Waals surface area contributed by atoms with Crippen molar-refractivity contribution in [2.75, 3.05) is 6.54 Å². The van der Waals surface area contributed by atoms with E-state index in [4.69, 9.17) is 0 Å². The molecular weight excluding hydrogens is 240 g/mol. The zero-order valence-electron chi connectivity index (χ0n) is 11.2.